The van der Waals surface area contributed by atoms with Crippen molar-refractivity contribution in [3.63, 3.8) is 0 Å². The number of benzene rings is 1. The van der Waals surface area contributed by atoms with Crippen molar-refractivity contribution in [2.24, 2.45) is 0 Å². The number of aliphatic carboxylic acids is 1. The van der Waals surface area contributed by atoms with Gasteiger partial charge in [-0.05, 0) is 6.07 Å². The van der Waals surface area contributed by atoms with Crippen molar-refractivity contribution in [1.82, 2.24) is 0 Å². The number of ether oxygens (including phenoxy) is 1. The van der Waals surface area contributed by atoms with Crippen molar-refractivity contribution in [1.29, 1.82) is 0 Å². The van der Waals surface area contributed by atoms with Gasteiger partial charge in [0.15, 0.2) is 0 Å². The molecule has 88 valence electrons. The molecule has 0 fully saturated rings. The fraction of sp³-hybridized carbons (Fsp3) is 0.417. The molecule has 0 spiro atoms. The van der Waals surface area contributed by atoms with E-state index in [1.165, 1.54) is 19.2 Å². The molecule has 0 aliphatic carbocycles. The van der Waals surface area contributed by atoms with E-state index in [2.05, 4.69) is 0 Å². The molecule has 16 heavy (non-hydrogen) atoms. The predicted octanol–water partition coefficient (Wildman–Crippen LogP) is 2.59. The Labute approximate surface area is 93.9 Å². The summed E-state index contributed by atoms with van der Waals surface area (Å²) in [6.07, 6.45) is -0.0327. The van der Waals surface area contributed by atoms with Crippen LogP contribution in [0.15, 0.2) is 18.2 Å². The molecule has 0 heterocycles. The fourth-order valence-corrected chi connectivity index (χ4v) is 1.70. The lowest BCUT2D eigenvalue weighted by Crippen LogP contribution is -2.22. The van der Waals surface area contributed by atoms with Gasteiger partial charge in [-0.1, -0.05) is 19.9 Å². The predicted molar refractivity (Wildman–Crippen MR) is 58.2 cm³/mol. The number of methoxy groups -OCH3 is 1. The molecule has 0 aliphatic rings. The highest BCUT2D eigenvalue weighted by Crippen LogP contribution is 2.34. The molecule has 0 radical (unpaired) electrons. The first-order valence-corrected chi connectivity index (χ1v) is 4.92. The van der Waals surface area contributed by atoms with Crippen LogP contribution in [-0.4, -0.2) is 18.2 Å². The Morgan fingerprint density at radius 1 is 1.50 bits per heavy atom. The second-order valence-corrected chi connectivity index (χ2v) is 4.30. The summed E-state index contributed by atoms with van der Waals surface area (Å²) in [4.78, 5) is 10.7. The monoisotopic (exact) mass is 226 g/mol. The summed E-state index contributed by atoms with van der Waals surface area (Å²) in [5.41, 5.74) is 0.101. The summed E-state index contributed by atoms with van der Waals surface area (Å²) < 4.78 is 18.0. The molecule has 1 rings (SSSR count). The first-order chi connectivity index (χ1) is 7.36. The summed E-state index contributed by atoms with van der Waals surface area (Å²) >= 11 is 0. The van der Waals surface area contributed by atoms with Crippen LogP contribution in [0.25, 0.3) is 0 Å². The molecule has 3 nitrogen and oxygen atoms in total. The van der Waals surface area contributed by atoms with Gasteiger partial charge in [0, 0.05) is 17.0 Å². The Morgan fingerprint density at radius 2 is 2.12 bits per heavy atom. The zero-order valence-corrected chi connectivity index (χ0v) is 9.58. The standard InChI is InChI=1S/C12H15FO3/c1-12(2,7-11(14)15)9-5-4-8(13)6-10(9)16-3/h4-6H,7H2,1-3H3,(H,14,15). The van der Waals surface area contributed by atoms with Crippen LogP contribution in [0.3, 0.4) is 0 Å². The fourth-order valence-electron chi connectivity index (χ4n) is 1.70. The van der Waals surface area contributed by atoms with E-state index in [4.69, 9.17) is 9.84 Å². The maximum atomic E-state index is 13.0. The Kier molecular flexibility index (Phi) is 3.52. The first-order valence-electron chi connectivity index (χ1n) is 4.92. The lowest BCUT2D eigenvalue weighted by Gasteiger charge is -2.25. The third-order valence-electron chi connectivity index (χ3n) is 2.49. The summed E-state index contributed by atoms with van der Waals surface area (Å²) in [5, 5.41) is 8.81. The van der Waals surface area contributed by atoms with E-state index >= 15 is 0 Å². The molecule has 1 aromatic rings. The largest absolute Gasteiger partial charge is 0.496 e. The molecular weight excluding hydrogens is 211 g/mol. The summed E-state index contributed by atoms with van der Waals surface area (Å²) in [7, 11) is 1.44. The average Bonchev–Trinajstić information content (AvgIpc) is 2.15. The highest BCUT2D eigenvalue weighted by molar-refractivity contribution is 5.69. The van der Waals surface area contributed by atoms with Crippen LogP contribution in [0.2, 0.25) is 0 Å². The smallest absolute Gasteiger partial charge is 0.304 e. The second-order valence-electron chi connectivity index (χ2n) is 4.30. The third kappa shape index (κ3) is 2.72. The van der Waals surface area contributed by atoms with Crippen molar-refractivity contribution < 1.29 is 19.0 Å². The number of hydrogen-bond acceptors (Lipinski definition) is 2. The number of rotatable bonds is 4. The molecule has 0 saturated heterocycles. The van der Waals surface area contributed by atoms with Gasteiger partial charge >= 0.3 is 5.97 Å². The Bertz CT molecular complexity index is 399. The molecule has 0 aromatic heterocycles. The van der Waals surface area contributed by atoms with Gasteiger partial charge in [-0.2, -0.15) is 0 Å². The lowest BCUT2D eigenvalue weighted by molar-refractivity contribution is -0.138. The second kappa shape index (κ2) is 4.51. The van der Waals surface area contributed by atoms with Crippen molar-refractivity contribution in [3.05, 3.63) is 29.6 Å². The minimum absolute atomic E-state index is 0.0327. The van der Waals surface area contributed by atoms with Gasteiger partial charge in [-0.15, -0.1) is 0 Å². The number of carboxylic acid groups (broad SMARTS) is 1. The molecule has 0 amide bonds. The molecular formula is C12H15FO3. The third-order valence-corrected chi connectivity index (χ3v) is 2.49. The molecule has 0 unspecified atom stereocenters. The van der Waals surface area contributed by atoms with Gasteiger partial charge < -0.3 is 9.84 Å². The van der Waals surface area contributed by atoms with E-state index in [0.29, 0.717) is 11.3 Å². The van der Waals surface area contributed by atoms with Crippen LogP contribution in [0.1, 0.15) is 25.8 Å². The van der Waals surface area contributed by atoms with E-state index in [1.54, 1.807) is 19.9 Å². The summed E-state index contributed by atoms with van der Waals surface area (Å²) in [5.74, 6) is -0.908. The average molecular weight is 226 g/mol. The van der Waals surface area contributed by atoms with Crippen molar-refractivity contribution in [2.45, 2.75) is 25.7 Å². The van der Waals surface area contributed by atoms with E-state index in [-0.39, 0.29) is 6.42 Å². The van der Waals surface area contributed by atoms with Gasteiger partial charge in [0.25, 0.3) is 0 Å². The number of hydrogen-bond donors (Lipinski definition) is 1. The first kappa shape index (κ1) is 12.5. The van der Waals surface area contributed by atoms with Gasteiger partial charge in [0.05, 0.1) is 13.5 Å². The highest BCUT2D eigenvalue weighted by Gasteiger charge is 2.27. The van der Waals surface area contributed by atoms with Crippen molar-refractivity contribution in [3.8, 4) is 5.75 Å². The van der Waals surface area contributed by atoms with Gasteiger partial charge in [0.1, 0.15) is 11.6 Å². The van der Waals surface area contributed by atoms with Gasteiger partial charge in [0.2, 0.25) is 0 Å². The van der Waals surface area contributed by atoms with Crippen molar-refractivity contribution >= 4 is 5.97 Å². The number of halogens is 1. The van der Waals surface area contributed by atoms with E-state index in [0.717, 1.165) is 0 Å². The minimum atomic E-state index is -0.892. The Morgan fingerprint density at radius 3 is 2.62 bits per heavy atom. The van der Waals surface area contributed by atoms with Crippen LogP contribution in [0.4, 0.5) is 4.39 Å². The minimum Gasteiger partial charge on any atom is -0.496 e. The Hall–Kier alpha value is -1.58. The maximum Gasteiger partial charge on any atom is 0.304 e. The quantitative estimate of drug-likeness (QED) is 0.858. The van der Waals surface area contributed by atoms with Gasteiger partial charge in [-0.25, -0.2) is 4.39 Å². The maximum absolute atomic E-state index is 13.0. The zero-order chi connectivity index (χ0) is 12.3. The Balaban J connectivity index is 3.15. The molecule has 0 atom stereocenters. The van der Waals surface area contributed by atoms with E-state index in [1.807, 2.05) is 0 Å². The summed E-state index contributed by atoms with van der Waals surface area (Å²) in [6.45, 7) is 3.58. The molecule has 0 saturated carbocycles. The lowest BCUT2D eigenvalue weighted by atomic mass is 9.81. The van der Waals surface area contributed by atoms with Crippen molar-refractivity contribution in [2.75, 3.05) is 7.11 Å². The topological polar surface area (TPSA) is 46.5 Å². The molecule has 0 bridgehead atoms. The van der Waals surface area contributed by atoms with E-state index < -0.39 is 17.2 Å². The van der Waals surface area contributed by atoms with Crippen LogP contribution in [-0.2, 0) is 10.2 Å². The normalized spacial score (nSPS) is 11.2. The van der Waals surface area contributed by atoms with Crippen LogP contribution in [0.5, 0.6) is 5.75 Å². The summed E-state index contributed by atoms with van der Waals surface area (Å²) in [6, 6.07) is 4.14. The molecule has 1 aromatic carbocycles. The SMILES string of the molecule is COc1cc(F)ccc1C(C)(C)CC(=O)O. The van der Waals surface area contributed by atoms with Crippen LogP contribution >= 0.6 is 0 Å². The van der Waals surface area contributed by atoms with E-state index in [9.17, 15) is 9.18 Å². The highest BCUT2D eigenvalue weighted by atomic mass is 19.1. The van der Waals surface area contributed by atoms with Crippen LogP contribution < -0.4 is 4.74 Å². The number of carboxylic acids is 1. The number of carbonyl (C=O) groups is 1. The molecule has 1 N–H and O–H groups in total. The van der Waals surface area contributed by atoms with Gasteiger partial charge in [-0.3, -0.25) is 4.79 Å². The molecule has 4 heteroatoms. The molecule has 0 aliphatic heterocycles. The van der Waals surface area contributed by atoms with Crippen LogP contribution in [0, 0.1) is 5.82 Å². The zero-order valence-electron chi connectivity index (χ0n) is 9.58.